The van der Waals surface area contributed by atoms with Gasteiger partial charge in [-0.25, -0.2) is 0 Å². The molecule has 0 saturated carbocycles. The minimum absolute atomic E-state index is 0.0106. The van der Waals surface area contributed by atoms with Crippen LogP contribution in [0, 0.1) is 11.3 Å². The maximum Gasteiger partial charge on any atom is 0.418 e. The zero-order valence-electron chi connectivity index (χ0n) is 8.22. The Kier molecular flexibility index (Phi) is 2.68. The fourth-order valence-electron chi connectivity index (χ4n) is 1.50. The molecule has 0 unspecified atom stereocenters. The molecule has 0 atom stereocenters. The maximum atomic E-state index is 12.7. The van der Waals surface area contributed by atoms with Gasteiger partial charge in [0.1, 0.15) is 6.07 Å². The largest absolute Gasteiger partial charge is 0.418 e. The number of pyridine rings is 1. The van der Waals surface area contributed by atoms with Gasteiger partial charge in [0.25, 0.3) is 0 Å². The molecule has 0 aliphatic heterocycles. The van der Waals surface area contributed by atoms with Gasteiger partial charge in [0, 0.05) is 11.6 Å². The number of alkyl halides is 3. The number of rotatable bonds is 0. The molecule has 0 aliphatic carbocycles. The van der Waals surface area contributed by atoms with E-state index in [-0.39, 0.29) is 21.5 Å². The third-order valence-corrected chi connectivity index (χ3v) is 2.66. The van der Waals surface area contributed by atoms with E-state index in [2.05, 4.69) is 4.98 Å². The lowest BCUT2D eigenvalue weighted by molar-refractivity contribution is -0.136. The Hall–Kier alpha value is -1.80. The quantitative estimate of drug-likeness (QED) is 0.719. The lowest BCUT2D eigenvalue weighted by atomic mass is 10.1. The number of para-hydroxylation sites is 1. The third-order valence-electron chi connectivity index (χ3n) is 2.26. The average molecular weight is 257 g/mol. The van der Waals surface area contributed by atoms with Crippen LogP contribution in [-0.2, 0) is 6.18 Å². The summed E-state index contributed by atoms with van der Waals surface area (Å²) >= 11 is 5.83. The molecular weight excluding hydrogens is 253 g/mol. The van der Waals surface area contributed by atoms with E-state index >= 15 is 0 Å². The summed E-state index contributed by atoms with van der Waals surface area (Å²) in [5.74, 6) is 0. The number of fused-ring (bicyclic) bond motifs is 1. The van der Waals surface area contributed by atoms with Gasteiger partial charge in [-0.2, -0.15) is 18.4 Å². The van der Waals surface area contributed by atoms with Crippen LogP contribution in [0.25, 0.3) is 10.9 Å². The maximum absolute atomic E-state index is 12.7. The minimum Gasteiger partial charge on any atom is -0.254 e. The van der Waals surface area contributed by atoms with E-state index in [1.54, 1.807) is 6.07 Å². The molecule has 0 radical (unpaired) electrons. The number of aromatic nitrogens is 1. The van der Waals surface area contributed by atoms with Crippen LogP contribution in [0.4, 0.5) is 13.2 Å². The van der Waals surface area contributed by atoms with E-state index < -0.39 is 11.7 Å². The van der Waals surface area contributed by atoms with Crippen LogP contribution in [0.5, 0.6) is 0 Å². The molecule has 0 aliphatic rings. The second-order valence-corrected chi connectivity index (χ2v) is 3.68. The first kappa shape index (κ1) is 11.7. The molecule has 0 spiro atoms. The molecule has 17 heavy (non-hydrogen) atoms. The van der Waals surface area contributed by atoms with Gasteiger partial charge in [0.15, 0.2) is 0 Å². The van der Waals surface area contributed by atoms with Crippen molar-refractivity contribution in [2.24, 2.45) is 0 Å². The van der Waals surface area contributed by atoms with E-state index in [4.69, 9.17) is 16.9 Å². The van der Waals surface area contributed by atoms with Crippen molar-refractivity contribution in [1.29, 1.82) is 5.26 Å². The van der Waals surface area contributed by atoms with Crippen molar-refractivity contribution < 1.29 is 13.2 Å². The van der Waals surface area contributed by atoms with Crippen molar-refractivity contribution in [2.75, 3.05) is 0 Å². The Bertz CT molecular complexity index is 629. The lowest BCUT2D eigenvalue weighted by Crippen LogP contribution is -2.06. The van der Waals surface area contributed by atoms with E-state index in [1.807, 2.05) is 0 Å². The summed E-state index contributed by atoms with van der Waals surface area (Å²) in [5, 5.41) is 8.83. The normalized spacial score (nSPS) is 11.5. The Labute approximate surface area is 99.3 Å². The molecule has 86 valence electrons. The van der Waals surface area contributed by atoms with Crippen molar-refractivity contribution >= 4 is 22.5 Å². The minimum atomic E-state index is -4.50. The predicted octanol–water partition coefficient (Wildman–Crippen LogP) is 3.78. The van der Waals surface area contributed by atoms with Crippen LogP contribution in [0.1, 0.15) is 11.1 Å². The van der Waals surface area contributed by atoms with Crippen LogP contribution in [-0.4, -0.2) is 4.98 Å². The standard InChI is InChI=1S/C11H4ClF3N2/c12-9-6(4-16)5-17-10-7(9)2-1-3-8(10)11(13,14)15/h1-3,5H. The Morgan fingerprint density at radius 2 is 2.00 bits per heavy atom. The number of hydrogen-bond acceptors (Lipinski definition) is 2. The summed E-state index contributed by atoms with van der Waals surface area (Å²) in [5.41, 5.74) is -1.05. The molecule has 0 bridgehead atoms. The van der Waals surface area contributed by atoms with Gasteiger partial charge in [-0.05, 0) is 6.07 Å². The summed E-state index contributed by atoms with van der Waals surface area (Å²) in [6.07, 6.45) is -3.45. The first-order valence-corrected chi connectivity index (χ1v) is 4.87. The molecule has 0 fully saturated rings. The van der Waals surface area contributed by atoms with Crippen LogP contribution in [0.15, 0.2) is 24.4 Å². The van der Waals surface area contributed by atoms with Crippen LogP contribution < -0.4 is 0 Å². The highest BCUT2D eigenvalue weighted by atomic mass is 35.5. The second kappa shape index (κ2) is 3.90. The summed E-state index contributed by atoms with van der Waals surface area (Å²) < 4.78 is 38.1. The van der Waals surface area contributed by atoms with Gasteiger partial charge in [-0.3, -0.25) is 4.98 Å². The van der Waals surface area contributed by atoms with Crippen molar-refractivity contribution in [3.05, 3.63) is 40.5 Å². The zero-order chi connectivity index (χ0) is 12.6. The van der Waals surface area contributed by atoms with Gasteiger partial charge < -0.3 is 0 Å². The highest BCUT2D eigenvalue weighted by molar-refractivity contribution is 6.36. The lowest BCUT2D eigenvalue weighted by Gasteiger charge is -2.10. The smallest absolute Gasteiger partial charge is 0.254 e. The molecule has 0 amide bonds. The van der Waals surface area contributed by atoms with Gasteiger partial charge in [0.05, 0.1) is 21.7 Å². The molecule has 1 heterocycles. The van der Waals surface area contributed by atoms with Gasteiger partial charge in [0.2, 0.25) is 0 Å². The van der Waals surface area contributed by atoms with Crippen LogP contribution in [0.3, 0.4) is 0 Å². The molecule has 2 rings (SSSR count). The number of halogens is 4. The fraction of sp³-hybridized carbons (Fsp3) is 0.0909. The molecular formula is C11H4ClF3N2. The van der Waals surface area contributed by atoms with Crippen molar-refractivity contribution in [1.82, 2.24) is 4.98 Å². The fourth-order valence-corrected chi connectivity index (χ4v) is 1.74. The predicted molar refractivity (Wildman–Crippen MR) is 56.5 cm³/mol. The van der Waals surface area contributed by atoms with Gasteiger partial charge >= 0.3 is 6.18 Å². The number of benzene rings is 1. The van der Waals surface area contributed by atoms with E-state index in [9.17, 15) is 13.2 Å². The van der Waals surface area contributed by atoms with Crippen molar-refractivity contribution in [3.8, 4) is 6.07 Å². The van der Waals surface area contributed by atoms with E-state index in [0.717, 1.165) is 12.3 Å². The zero-order valence-corrected chi connectivity index (χ0v) is 8.97. The molecule has 2 nitrogen and oxygen atoms in total. The Morgan fingerprint density at radius 3 is 2.59 bits per heavy atom. The SMILES string of the molecule is N#Cc1cnc2c(C(F)(F)F)cccc2c1Cl. The van der Waals surface area contributed by atoms with Gasteiger partial charge in [-0.15, -0.1) is 0 Å². The molecule has 1 aromatic heterocycles. The van der Waals surface area contributed by atoms with E-state index in [0.29, 0.717) is 0 Å². The molecule has 1 aromatic carbocycles. The molecule has 2 aromatic rings. The molecule has 6 heteroatoms. The summed E-state index contributed by atoms with van der Waals surface area (Å²) in [4.78, 5) is 3.65. The monoisotopic (exact) mass is 256 g/mol. The highest BCUT2D eigenvalue weighted by Gasteiger charge is 2.33. The third kappa shape index (κ3) is 1.92. The van der Waals surface area contributed by atoms with Gasteiger partial charge in [-0.1, -0.05) is 23.7 Å². The first-order chi connectivity index (χ1) is 7.95. The number of nitriles is 1. The topological polar surface area (TPSA) is 36.7 Å². The first-order valence-electron chi connectivity index (χ1n) is 4.49. The number of hydrogen-bond donors (Lipinski definition) is 0. The Balaban J connectivity index is 2.86. The molecule has 0 saturated heterocycles. The van der Waals surface area contributed by atoms with Crippen molar-refractivity contribution in [2.45, 2.75) is 6.18 Å². The van der Waals surface area contributed by atoms with E-state index in [1.165, 1.54) is 12.1 Å². The molecule has 0 N–H and O–H groups in total. The van der Waals surface area contributed by atoms with Crippen molar-refractivity contribution in [3.63, 3.8) is 0 Å². The summed E-state index contributed by atoms with van der Waals surface area (Å²) in [7, 11) is 0. The average Bonchev–Trinajstić information content (AvgIpc) is 2.28. The number of nitrogens with zero attached hydrogens (tertiary/aromatic N) is 2. The summed E-state index contributed by atoms with van der Waals surface area (Å²) in [6.45, 7) is 0. The highest BCUT2D eigenvalue weighted by Crippen LogP contribution is 2.36. The second-order valence-electron chi connectivity index (χ2n) is 3.30. The summed E-state index contributed by atoms with van der Waals surface area (Å²) in [6, 6.07) is 5.34. The Morgan fingerprint density at radius 1 is 1.29 bits per heavy atom. The van der Waals surface area contributed by atoms with Crippen LogP contribution >= 0.6 is 11.6 Å². The van der Waals surface area contributed by atoms with Crippen LogP contribution in [0.2, 0.25) is 5.02 Å².